The van der Waals surface area contributed by atoms with E-state index in [0.29, 0.717) is 5.88 Å². The lowest BCUT2D eigenvalue weighted by Gasteiger charge is -2.33. The number of ether oxygens (including phenoxy) is 1. The Morgan fingerprint density at radius 1 is 1.15 bits per heavy atom. The number of nitrogens with one attached hydrogen (secondary N) is 2. The Balaban J connectivity index is 1.41. The molecule has 0 aliphatic carbocycles. The minimum absolute atomic E-state index is 0.0948. The van der Waals surface area contributed by atoms with Crippen LogP contribution in [0.2, 0.25) is 0 Å². The number of hydrogen-bond donors (Lipinski definition) is 2. The van der Waals surface area contributed by atoms with Crippen LogP contribution in [0.3, 0.4) is 0 Å². The Labute approximate surface area is 159 Å². The fourth-order valence-electron chi connectivity index (χ4n) is 3.65. The zero-order chi connectivity index (χ0) is 18.6. The number of piperidine rings is 1. The highest BCUT2D eigenvalue weighted by molar-refractivity contribution is 5.82. The maximum Gasteiger partial charge on any atom is 0.241 e. The van der Waals surface area contributed by atoms with Gasteiger partial charge in [0.05, 0.1) is 0 Å². The van der Waals surface area contributed by atoms with Crippen LogP contribution in [0, 0.1) is 6.92 Å². The summed E-state index contributed by atoms with van der Waals surface area (Å²) in [5, 5.41) is 0. The van der Waals surface area contributed by atoms with E-state index in [1.807, 2.05) is 48.2 Å². The number of carbonyl (C=O) groups is 1. The summed E-state index contributed by atoms with van der Waals surface area (Å²) in [6.45, 7) is 4.29. The molecule has 7 heteroatoms. The molecule has 0 bridgehead atoms. The summed E-state index contributed by atoms with van der Waals surface area (Å²) in [4.78, 5) is 23.8. The number of hydrogen-bond acceptors (Lipinski definition) is 6. The van der Waals surface area contributed by atoms with Crippen LogP contribution < -0.4 is 15.6 Å². The van der Waals surface area contributed by atoms with Gasteiger partial charge in [-0.25, -0.2) is 10.4 Å². The highest BCUT2D eigenvalue weighted by Crippen LogP contribution is 2.28. The number of aromatic nitrogens is 2. The number of aryl methyl sites for hydroxylation is 1. The molecule has 1 amide bonds. The lowest BCUT2D eigenvalue weighted by Crippen LogP contribution is -2.48. The van der Waals surface area contributed by atoms with Crippen LogP contribution in [0.4, 0.5) is 0 Å². The van der Waals surface area contributed by atoms with Crippen LogP contribution in [0.25, 0.3) is 0 Å². The Hall–Kier alpha value is -2.51. The van der Waals surface area contributed by atoms with E-state index in [0.717, 1.165) is 56.2 Å². The van der Waals surface area contributed by atoms with E-state index < -0.39 is 0 Å². The zero-order valence-electron chi connectivity index (χ0n) is 15.5. The Morgan fingerprint density at radius 3 is 2.63 bits per heavy atom. The van der Waals surface area contributed by atoms with Gasteiger partial charge < -0.3 is 9.64 Å². The number of benzene rings is 1. The second kappa shape index (κ2) is 8.02. The van der Waals surface area contributed by atoms with Gasteiger partial charge in [0.25, 0.3) is 0 Å². The van der Waals surface area contributed by atoms with Gasteiger partial charge in [-0.2, -0.15) is 4.98 Å². The minimum Gasteiger partial charge on any atom is -0.439 e. The van der Waals surface area contributed by atoms with Crippen LogP contribution in [0.1, 0.15) is 36.7 Å². The quantitative estimate of drug-likeness (QED) is 0.862. The van der Waals surface area contributed by atoms with Gasteiger partial charge in [0.2, 0.25) is 11.8 Å². The van der Waals surface area contributed by atoms with Gasteiger partial charge in [-0.1, -0.05) is 18.2 Å². The number of hydrazine groups is 1. The Morgan fingerprint density at radius 2 is 1.93 bits per heavy atom. The van der Waals surface area contributed by atoms with Gasteiger partial charge in [-0.05, 0) is 38.3 Å². The molecule has 7 nitrogen and oxygen atoms in total. The van der Waals surface area contributed by atoms with Crippen LogP contribution >= 0.6 is 0 Å². The molecule has 1 unspecified atom stereocenters. The summed E-state index contributed by atoms with van der Waals surface area (Å²) < 4.78 is 5.89. The number of rotatable bonds is 4. The topological polar surface area (TPSA) is 79.4 Å². The number of likely N-dealkylation sites (tertiary alicyclic amines) is 1. The molecule has 2 aliphatic rings. The standard InChI is InChI=1S/C20H25N5O2/c1-14-13-18(27-16-5-3-2-4-6-16)23-19(22-14)15-8-11-25(12-9-15)20(26)17-7-10-21-24-17/h2-6,13,15,17,21,24H,7-12H2,1H3. The molecule has 0 radical (unpaired) electrons. The average Bonchev–Trinajstić information content (AvgIpc) is 3.23. The molecule has 2 saturated heterocycles. The summed E-state index contributed by atoms with van der Waals surface area (Å²) in [6.07, 6.45) is 2.60. The minimum atomic E-state index is -0.0948. The lowest BCUT2D eigenvalue weighted by atomic mass is 9.95. The molecule has 2 aromatic rings. The molecule has 2 N–H and O–H groups in total. The Bertz CT molecular complexity index is 784. The third kappa shape index (κ3) is 4.26. The van der Waals surface area contributed by atoms with Gasteiger partial charge in [-0.3, -0.25) is 10.2 Å². The second-order valence-corrected chi connectivity index (χ2v) is 7.13. The number of carbonyl (C=O) groups excluding carboxylic acids is 1. The molecule has 1 aromatic heterocycles. The molecular weight excluding hydrogens is 342 g/mol. The van der Waals surface area contributed by atoms with Gasteiger partial charge in [0.15, 0.2) is 0 Å². The van der Waals surface area contributed by atoms with E-state index in [1.165, 1.54) is 0 Å². The highest BCUT2D eigenvalue weighted by atomic mass is 16.5. The molecule has 27 heavy (non-hydrogen) atoms. The summed E-state index contributed by atoms with van der Waals surface area (Å²) in [5.41, 5.74) is 6.97. The summed E-state index contributed by atoms with van der Waals surface area (Å²) >= 11 is 0. The van der Waals surface area contributed by atoms with Gasteiger partial charge in [0.1, 0.15) is 17.6 Å². The Kier molecular flexibility index (Phi) is 5.31. The SMILES string of the molecule is Cc1cc(Oc2ccccc2)nc(C2CCN(C(=O)C3CCNN3)CC2)n1. The van der Waals surface area contributed by atoms with Crippen molar-refractivity contribution in [3.63, 3.8) is 0 Å². The van der Waals surface area contributed by atoms with Crippen molar-refractivity contribution in [2.24, 2.45) is 0 Å². The number of para-hydroxylation sites is 1. The first-order valence-electron chi connectivity index (χ1n) is 9.55. The smallest absolute Gasteiger partial charge is 0.241 e. The summed E-state index contributed by atoms with van der Waals surface area (Å²) in [6, 6.07) is 11.4. The molecule has 142 valence electrons. The first kappa shape index (κ1) is 17.9. The number of nitrogens with zero attached hydrogens (tertiary/aromatic N) is 3. The molecule has 1 aromatic carbocycles. The normalized spacial score (nSPS) is 20.6. The second-order valence-electron chi connectivity index (χ2n) is 7.13. The van der Waals surface area contributed by atoms with Crippen molar-refractivity contribution in [1.82, 2.24) is 25.7 Å². The molecule has 0 spiro atoms. The maximum absolute atomic E-state index is 12.5. The van der Waals surface area contributed by atoms with E-state index in [9.17, 15) is 4.79 Å². The van der Waals surface area contributed by atoms with Crippen molar-refractivity contribution in [3.8, 4) is 11.6 Å². The van der Waals surface area contributed by atoms with Crippen molar-refractivity contribution < 1.29 is 9.53 Å². The fourth-order valence-corrected chi connectivity index (χ4v) is 3.65. The van der Waals surface area contributed by atoms with E-state index in [-0.39, 0.29) is 17.9 Å². The van der Waals surface area contributed by atoms with Crippen molar-refractivity contribution in [2.45, 2.75) is 38.1 Å². The van der Waals surface area contributed by atoms with Crippen LogP contribution in [-0.4, -0.2) is 46.5 Å². The fraction of sp³-hybridized carbons (Fsp3) is 0.450. The first-order valence-corrected chi connectivity index (χ1v) is 9.55. The van der Waals surface area contributed by atoms with E-state index in [1.54, 1.807) is 0 Å². The first-order chi connectivity index (χ1) is 13.2. The van der Waals surface area contributed by atoms with Crippen molar-refractivity contribution in [3.05, 3.63) is 47.9 Å². The molecule has 2 aliphatic heterocycles. The van der Waals surface area contributed by atoms with Crippen LogP contribution in [0.15, 0.2) is 36.4 Å². The zero-order valence-corrected chi connectivity index (χ0v) is 15.5. The van der Waals surface area contributed by atoms with E-state index in [4.69, 9.17) is 4.74 Å². The molecule has 4 rings (SSSR count). The van der Waals surface area contributed by atoms with Gasteiger partial charge in [-0.15, -0.1) is 0 Å². The maximum atomic E-state index is 12.5. The summed E-state index contributed by atoms with van der Waals surface area (Å²) in [7, 11) is 0. The average molecular weight is 367 g/mol. The van der Waals surface area contributed by atoms with Crippen molar-refractivity contribution >= 4 is 5.91 Å². The van der Waals surface area contributed by atoms with Gasteiger partial charge in [0, 0.05) is 37.3 Å². The molecule has 0 saturated carbocycles. The van der Waals surface area contributed by atoms with E-state index in [2.05, 4.69) is 20.8 Å². The molecule has 1 atom stereocenters. The predicted octanol–water partition coefficient (Wildman–Crippen LogP) is 2.15. The summed E-state index contributed by atoms with van der Waals surface area (Å²) in [5.74, 6) is 2.59. The highest BCUT2D eigenvalue weighted by Gasteiger charge is 2.31. The lowest BCUT2D eigenvalue weighted by molar-refractivity contribution is -0.134. The van der Waals surface area contributed by atoms with E-state index >= 15 is 0 Å². The van der Waals surface area contributed by atoms with Gasteiger partial charge >= 0.3 is 0 Å². The number of amides is 1. The van der Waals surface area contributed by atoms with Crippen molar-refractivity contribution in [1.29, 1.82) is 0 Å². The third-order valence-electron chi connectivity index (χ3n) is 5.12. The monoisotopic (exact) mass is 367 g/mol. The van der Waals surface area contributed by atoms with Crippen LogP contribution in [-0.2, 0) is 4.79 Å². The van der Waals surface area contributed by atoms with Crippen LogP contribution in [0.5, 0.6) is 11.6 Å². The molecule has 3 heterocycles. The largest absolute Gasteiger partial charge is 0.439 e. The predicted molar refractivity (Wildman–Crippen MR) is 101 cm³/mol. The third-order valence-corrected chi connectivity index (χ3v) is 5.12. The molecule has 2 fully saturated rings. The van der Waals surface area contributed by atoms with Crippen molar-refractivity contribution in [2.75, 3.05) is 19.6 Å². The molecular formula is C20H25N5O2.